The summed E-state index contributed by atoms with van der Waals surface area (Å²) in [6.07, 6.45) is 6.06. The van der Waals surface area contributed by atoms with Crippen LogP contribution in [0.4, 0.5) is 0 Å². The van der Waals surface area contributed by atoms with Gasteiger partial charge >= 0.3 is 5.97 Å². The van der Waals surface area contributed by atoms with E-state index in [-0.39, 0.29) is 23.0 Å². The van der Waals surface area contributed by atoms with Crippen LogP contribution < -0.4 is 5.32 Å². The molecule has 4 fully saturated rings. The zero-order valence-electron chi connectivity index (χ0n) is 15.2. The van der Waals surface area contributed by atoms with Gasteiger partial charge in [-0.25, -0.2) is 0 Å². The van der Waals surface area contributed by atoms with Crippen LogP contribution in [-0.4, -0.2) is 23.0 Å². The quantitative estimate of drug-likeness (QED) is 0.807. The summed E-state index contributed by atoms with van der Waals surface area (Å²) in [5.74, 6) is 1.42. The monoisotopic (exact) mass is 321 g/mol. The molecule has 1 N–H and O–H groups in total. The van der Waals surface area contributed by atoms with E-state index in [4.69, 9.17) is 4.74 Å². The van der Waals surface area contributed by atoms with Crippen LogP contribution >= 0.6 is 0 Å². The Labute approximate surface area is 139 Å². The van der Waals surface area contributed by atoms with E-state index < -0.39 is 5.41 Å². The Morgan fingerprint density at radius 3 is 2.22 bits per heavy atom. The number of amides is 1. The minimum atomic E-state index is -0.424. The molecule has 2 unspecified atom stereocenters. The van der Waals surface area contributed by atoms with E-state index in [1.54, 1.807) is 6.92 Å². The summed E-state index contributed by atoms with van der Waals surface area (Å²) in [4.78, 5) is 24.3. The third-order valence-corrected chi connectivity index (χ3v) is 7.00. The maximum absolute atomic E-state index is 12.7. The molecule has 4 rings (SSSR count). The van der Waals surface area contributed by atoms with Crippen molar-refractivity contribution in [3.63, 3.8) is 0 Å². The highest BCUT2D eigenvalue weighted by atomic mass is 16.6. The Bertz CT molecular complexity index is 509. The van der Waals surface area contributed by atoms with Gasteiger partial charge in [0.1, 0.15) is 5.60 Å². The Kier molecular flexibility index (Phi) is 3.81. The molecule has 0 heterocycles. The molecule has 0 saturated heterocycles. The topological polar surface area (TPSA) is 55.4 Å². The molecule has 4 aliphatic rings. The fourth-order valence-electron chi connectivity index (χ4n) is 5.36. The summed E-state index contributed by atoms with van der Waals surface area (Å²) in [5, 5.41) is 3.24. The number of rotatable bonds is 4. The number of carbonyl (C=O) groups is 2. The van der Waals surface area contributed by atoms with Crippen molar-refractivity contribution in [1.82, 2.24) is 5.32 Å². The van der Waals surface area contributed by atoms with Gasteiger partial charge in [-0.05, 0) is 65.2 Å². The third kappa shape index (κ3) is 2.68. The van der Waals surface area contributed by atoms with Crippen LogP contribution in [0.3, 0.4) is 0 Å². The Morgan fingerprint density at radius 2 is 1.74 bits per heavy atom. The molecule has 0 aliphatic heterocycles. The van der Waals surface area contributed by atoms with Gasteiger partial charge < -0.3 is 10.1 Å². The summed E-state index contributed by atoms with van der Waals surface area (Å²) in [7, 11) is 0. The number of ether oxygens (including phenoxy) is 1. The summed E-state index contributed by atoms with van der Waals surface area (Å²) in [5.41, 5.74) is -0.829. The third-order valence-electron chi connectivity index (χ3n) is 7.00. The van der Waals surface area contributed by atoms with Crippen molar-refractivity contribution in [1.29, 1.82) is 0 Å². The molecule has 0 aromatic carbocycles. The van der Waals surface area contributed by atoms with E-state index in [0.29, 0.717) is 17.8 Å². The van der Waals surface area contributed by atoms with Crippen molar-refractivity contribution in [2.24, 2.45) is 23.2 Å². The second-order valence-electron chi connectivity index (χ2n) is 9.12. The number of nitrogens with one attached hydrogen (secondary N) is 1. The van der Waals surface area contributed by atoms with Crippen molar-refractivity contribution < 1.29 is 14.3 Å². The van der Waals surface area contributed by atoms with E-state index in [9.17, 15) is 9.59 Å². The van der Waals surface area contributed by atoms with Crippen molar-refractivity contribution in [3.8, 4) is 0 Å². The molecule has 4 saturated carbocycles. The largest absolute Gasteiger partial charge is 0.458 e. The van der Waals surface area contributed by atoms with Crippen LogP contribution in [0, 0.1) is 23.2 Å². The van der Waals surface area contributed by atoms with Gasteiger partial charge in [0.2, 0.25) is 5.91 Å². The summed E-state index contributed by atoms with van der Waals surface area (Å²) in [6, 6.07) is 0. The molecular weight excluding hydrogens is 290 g/mol. The fourth-order valence-corrected chi connectivity index (χ4v) is 5.36. The predicted molar refractivity (Wildman–Crippen MR) is 88.7 cm³/mol. The van der Waals surface area contributed by atoms with Gasteiger partial charge in [-0.2, -0.15) is 0 Å². The molecule has 4 bridgehead atoms. The van der Waals surface area contributed by atoms with E-state index in [2.05, 4.69) is 12.2 Å². The minimum absolute atomic E-state index is 0.0471. The second kappa shape index (κ2) is 5.22. The van der Waals surface area contributed by atoms with Crippen LogP contribution in [0.1, 0.15) is 73.1 Å². The highest BCUT2D eigenvalue weighted by Crippen LogP contribution is 2.61. The maximum Gasteiger partial charge on any atom is 0.312 e. The zero-order valence-corrected chi connectivity index (χ0v) is 15.2. The lowest BCUT2D eigenvalue weighted by molar-refractivity contribution is -0.216. The summed E-state index contributed by atoms with van der Waals surface area (Å²) >= 11 is 0. The molecule has 2 atom stereocenters. The van der Waals surface area contributed by atoms with E-state index in [1.807, 2.05) is 20.8 Å². The molecule has 130 valence electrons. The molecule has 23 heavy (non-hydrogen) atoms. The van der Waals surface area contributed by atoms with Gasteiger partial charge in [0.25, 0.3) is 0 Å². The SMILES string of the molecule is CCC(C)(C)C(=O)OC1(C)C2CC3CC1CC(NC(C)=O)(C3)C2. The second-order valence-corrected chi connectivity index (χ2v) is 9.12. The highest BCUT2D eigenvalue weighted by molar-refractivity contribution is 5.76. The first-order valence-electron chi connectivity index (χ1n) is 9.12. The lowest BCUT2D eigenvalue weighted by Gasteiger charge is -2.63. The first kappa shape index (κ1) is 16.8. The van der Waals surface area contributed by atoms with Crippen molar-refractivity contribution in [3.05, 3.63) is 0 Å². The number of hydrogen-bond donors (Lipinski definition) is 1. The number of hydrogen-bond acceptors (Lipinski definition) is 3. The number of carbonyl (C=O) groups excluding carboxylic acids is 2. The summed E-state index contributed by atoms with van der Waals surface area (Å²) < 4.78 is 6.17. The molecule has 0 spiro atoms. The van der Waals surface area contributed by atoms with Gasteiger partial charge in [0.15, 0.2) is 0 Å². The standard InChI is InChI=1S/C19H31NO3/c1-6-17(3,4)16(22)23-18(5)14-7-13-8-15(18)11-19(9-13,10-14)20-12(2)21/h13-15H,6-11H2,1-5H3,(H,20,21). The van der Waals surface area contributed by atoms with Crippen LogP contribution in [0.2, 0.25) is 0 Å². The molecule has 4 heteroatoms. The zero-order chi connectivity index (χ0) is 17.0. The lowest BCUT2D eigenvalue weighted by atomic mass is 9.47. The Balaban J connectivity index is 1.81. The number of esters is 1. The Hall–Kier alpha value is -1.06. The lowest BCUT2D eigenvalue weighted by Crippen LogP contribution is -2.68. The predicted octanol–water partition coefficient (Wildman–Crippen LogP) is 3.44. The van der Waals surface area contributed by atoms with Crippen molar-refractivity contribution >= 4 is 11.9 Å². The smallest absolute Gasteiger partial charge is 0.312 e. The van der Waals surface area contributed by atoms with Gasteiger partial charge in [0, 0.05) is 24.3 Å². The highest BCUT2D eigenvalue weighted by Gasteiger charge is 2.62. The van der Waals surface area contributed by atoms with Crippen LogP contribution in [-0.2, 0) is 14.3 Å². The average Bonchev–Trinajstić information content (AvgIpc) is 2.43. The first-order valence-corrected chi connectivity index (χ1v) is 9.12. The van der Waals surface area contributed by atoms with Gasteiger partial charge in [-0.3, -0.25) is 9.59 Å². The van der Waals surface area contributed by atoms with Gasteiger partial charge in [-0.15, -0.1) is 0 Å². The molecule has 4 nitrogen and oxygen atoms in total. The molecule has 0 radical (unpaired) electrons. The molecule has 0 aromatic heterocycles. The van der Waals surface area contributed by atoms with Gasteiger partial charge in [0.05, 0.1) is 5.41 Å². The van der Waals surface area contributed by atoms with E-state index in [1.165, 1.54) is 0 Å². The first-order chi connectivity index (χ1) is 10.6. The molecular formula is C19H31NO3. The molecule has 1 amide bonds. The van der Waals surface area contributed by atoms with Crippen LogP contribution in [0.25, 0.3) is 0 Å². The van der Waals surface area contributed by atoms with E-state index >= 15 is 0 Å². The summed E-state index contributed by atoms with van der Waals surface area (Å²) in [6.45, 7) is 9.72. The fraction of sp³-hybridized carbons (Fsp3) is 0.895. The van der Waals surface area contributed by atoms with Crippen molar-refractivity contribution in [2.45, 2.75) is 84.3 Å². The average molecular weight is 321 g/mol. The normalized spacial score (nSPS) is 41.7. The molecule has 4 aliphatic carbocycles. The van der Waals surface area contributed by atoms with Crippen LogP contribution in [0.5, 0.6) is 0 Å². The Morgan fingerprint density at radius 1 is 1.17 bits per heavy atom. The van der Waals surface area contributed by atoms with Crippen LogP contribution in [0.15, 0.2) is 0 Å². The van der Waals surface area contributed by atoms with E-state index in [0.717, 1.165) is 38.5 Å². The minimum Gasteiger partial charge on any atom is -0.458 e. The van der Waals surface area contributed by atoms with Gasteiger partial charge in [-0.1, -0.05) is 6.92 Å². The maximum atomic E-state index is 12.7. The van der Waals surface area contributed by atoms with Crippen molar-refractivity contribution in [2.75, 3.05) is 0 Å². The molecule has 0 aromatic rings.